The van der Waals surface area contributed by atoms with E-state index >= 15 is 0 Å². The Morgan fingerprint density at radius 3 is 2.54 bits per heavy atom. The summed E-state index contributed by atoms with van der Waals surface area (Å²) in [7, 11) is 0. The molecule has 11 heteroatoms. The maximum Gasteiger partial charge on any atom is 0.322 e. The van der Waals surface area contributed by atoms with Crippen molar-refractivity contribution in [3.8, 4) is 17.6 Å². The SMILES string of the molecule is N#Cc1ccc(NC(=O)N(CCCN2CCOCC2)CC(=O)N(Cc2ccc3c(c2)OCO3)Cc2ccco2)cc1. The molecule has 1 N–H and O–H groups in total. The molecule has 0 spiro atoms. The highest BCUT2D eigenvalue weighted by molar-refractivity contribution is 5.92. The van der Waals surface area contributed by atoms with Crippen LogP contribution in [0.25, 0.3) is 0 Å². The van der Waals surface area contributed by atoms with Gasteiger partial charge in [0.2, 0.25) is 12.7 Å². The normalized spacial score (nSPS) is 14.3. The number of carbonyl (C=O) groups excluding carboxylic acids is 2. The molecule has 0 saturated carbocycles. The fourth-order valence-electron chi connectivity index (χ4n) is 4.74. The first kappa shape index (κ1) is 28.0. The highest BCUT2D eigenvalue weighted by atomic mass is 16.7. The molecule has 5 rings (SSSR count). The van der Waals surface area contributed by atoms with Crippen LogP contribution in [-0.2, 0) is 22.6 Å². The Bertz CT molecular complexity index is 1350. The van der Waals surface area contributed by atoms with Gasteiger partial charge in [-0.25, -0.2) is 4.79 Å². The van der Waals surface area contributed by atoms with E-state index in [4.69, 9.17) is 23.9 Å². The zero-order chi connectivity index (χ0) is 28.4. The number of morpholine rings is 1. The maximum absolute atomic E-state index is 13.8. The van der Waals surface area contributed by atoms with E-state index in [0.29, 0.717) is 61.2 Å². The van der Waals surface area contributed by atoms with Crippen molar-refractivity contribution in [2.75, 3.05) is 58.0 Å². The number of amides is 3. The summed E-state index contributed by atoms with van der Waals surface area (Å²) in [6, 6.07) is 17.5. The molecule has 3 aromatic rings. The molecule has 0 radical (unpaired) electrons. The number of nitrogens with zero attached hydrogens (tertiary/aromatic N) is 4. The molecule has 2 aliphatic heterocycles. The predicted molar refractivity (Wildman–Crippen MR) is 149 cm³/mol. The fourth-order valence-corrected chi connectivity index (χ4v) is 4.74. The van der Waals surface area contributed by atoms with Gasteiger partial charge in [-0.05, 0) is 60.5 Å². The summed E-state index contributed by atoms with van der Waals surface area (Å²) in [4.78, 5) is 32.7. The highest BCUT2D eigenvalue weighted by Crippen LogP contribution is 2.33. The van der Waals surface area contributed by atoms with Gasteiger partial charge in [0.15, 0.2) is 11.5 Å². The van der Waals surface area contributed by atoms with Gasteiger partial charge in [-0.3, -0.25) is 9.69 Å². The Morgan fingerprint density at radius 2 is 1.78 bits per heavy atom. The smallest absolute Gasteiger partial charge is 0.322 e. The molecular weight excluding hydrogens is 526 g/mol. The van der Waals surface area contributed by atoms with E-state index in [-0.39, 0.29) is 31.8 Å². The van der Waals surface area contributed by atoms with E-state index in [1.54, 1.807) is 41.5 Å². The van der Waals surface area contributed by atoms with E-state index in [1.165, 1.54) is 4.90 Å². The lowest BCUT2D eigenvalue weighted by Crippen LogP contribution is -2.45. The summed E-state index contributed by atoms with van der Waals surface area (Å²) >= 11 is 0. The van der Waals surface area contributed by atoms with Crippen LogP contribution in [0.15, 0.2) is 65.3 Å². The molecular formula is C30H33N5O6. The van der Waals surface area contributed by atoms with Gasteiger partial charge in [0.05, 0.1) is 37.7 Å². The number of urea groups is 1. The molecule has 214 valence electrons. The summed E-state index contributed by atoms with van der Waals surface area (Å²) < 4.78 is 21.9. The van der Waals surface area contributed by atoms with Gasteiger partial charge in [0.1, 0.15) is 12.3 Å². The van der Waals surface area contributed by atoms with E-state index < -0.39 is 0 Å². The number of furan rings is 1. The van der Waals surface area contributed by atoms with Crippen LogP contribution >= 0.6 is 0 Å². The summed E-state index contributed by atoms with van der Waals surface area (Å²) in [5.74, 6) is 1.73. The van der Waals surface area contributed by atoms with Crippen molar-refractivity contribution < 1.29 is 28.2 Å². The number of rotatable bonds is 11. The second-order valence-electron chi connectivity index (χ2n) is 9.87. The van der Waals surface area contributed by atoms with Gasteiger partial charge >= 0.3 is 6.03 Å². The highest BCUT2D eigenvalue weighted by Gasteiger charge is 2.24. The largest absolute Gasteiger partial charge is 0.467 e. The minimum absolute atomic E-state index is 0.115. The quantitative estimate of drug-likeness (QED) is 0.378. The summed E-state index contributed by atoms with van der Waals surface area (Å²) in [6.45, 7) is 4.89. The Hall–Kier alpha value is -4.53. The fraction of sp³-hybridized carbons (Fsp3) is 0.367. The molecule has 2 aromatic carbocycles. The van der Waals surface area contributed by atoms with Crippen molar-refractivity contribution in [1.29, 1.82) is 5.26 Å². The number of carbonyl (C=O) groups is 2. The first-order chi connectivity index (χ1) is 20.1. The lowest BCUT2D eigenvalue weighted by molar-refractivity contribution is -0.133. The average molecular weight is 560 g/mol. The number of ether oxygens (including phenoxy) is 3. The van der Waals surface area contributed by atoms with Crippen molar-refractivity contribution in [2.45, 2.75) is 19.5 Å². The van der Waals surface area contributed by atoms with Gasteiger partial charge in [-0.2, -0.15) is 5.26 Å². The standard InChI is InChI=1S/C30H33N5O6/c31-18-23-4-7-25(8-5-23)32-30(37)34(11-2-10-33-12-15-38-16-13-33)21-29(36)35(20-26-3-1-14-39-26)19-24-6-9-27-28(17-24)41-22-40-27/h1,3-9,14,17H,2,10-13,15-16,19-22H2,(H,32,37). The predicted octanol–water partition coefficient (Wildman–Crippen LogP) is 3.67. The van der Waals surface area contributed by atoms with Crippen LogP contribution in [0.5, 0.6) is 11.5 Å². The van der Waals surface area contributed by atoms with Crippen molar-refractivity contribution >= 4 is 17.6 Å². The minimum Gasteiger partial charge on any atom is -0.467 e. The zero-order valence-corrected chi connectivity index (χ0v) is 22.8. The molecule has 41 heavy (non-hydrogen) atoms. The van der Waals surface area contributed by atoms with E-state index in [2.05, 4.69) is 16.3 Å². The summed E-state index contributed by atoms with van der Waals surface area (Å²) in [5, 5.41) is 12.0. The van der Waals surface area contributed by atoms with Crippen molar-refractivity contribution in [3.63, 3.8) is 0 Å². The topological polar surface area (TPSA) is 121 Å². The number of fused-ring (bicyclic) bond motifs is 1. The Balaban J connectivity index is 1.29. The summed E-state index contributed by atoms with van der Waals surface area (Å²) in [5.41, 5.74) is 1.92. The molecule has 3 amide bonds. The molecule has 0 unspecified atom stereocenters. The monoisotopic (exact) mass is 559 g/mol. The Labute approximate surface area is 238 Å². The molecule has 2 aliphatic rings. The Kier molecular flexibility index (Phi) is 9.36. The van der Waals surface area contributed by atoms with Crippen molar-refractivity contribution in [2.24, 2.45) is 0 Å². The van der Waals surface area contributed by atoms with Crippen LogP contribution in [0, 0.1) is 11.3 Å². The van der Waals surface area contributed by atoms with Crippen LogP contribution in [-0.4, -0.2) is 79.4 Å². The summed E-state index contributed by atoms with van der Waals surface area (Å²) in [6.07, 6.45) is 2.27. The van der Waals surface area contributed by atoms with Gasteiger partial charge in [-0.15, -0.1) is 0 Å². The third-order valence-corrected chi connectivity index (χ3v) is 6.97. The second-order valence-corrected chi connectivity index (χ2v) is 9.87. The zero-order valence-electron chi connectivity index (χ0n) is 22.8. The first-order valence-electron chi connectivity index (χ1n) is 13.6. The van der Waals surface area contributed by atoms with Gasteiger partial charge < -0.3 is 33.7 Å². The van der Waals surface area contributed by atoms with Crippen LogP contribution in [0.4, 0.5) is 10.5 Å². The maximum atomic E-state index is 13.8. The lowest BCUT2D eigenvalue weighted by atomic mass is 10.2. The number of anilines is 1. The first-order valence-corrected chi connectivity index (χ1v) is 13.6. The molecule has 11 nitrogen and oxygen atoms in total. The molecule has 0 aliphatic carbocycles. The van der Waals surface area contributed by atoms with Crippen LogP contribution in [0.1, 0.15) is 23.3 Å². The molecule has 1 aromatic heterocycles. The third kappa shape index (κ3) is 7.78. The number of hydrogen-bond acceptors (Lipinski definition) is 8. The lowest BCUT2D eigenvalue weighted by Gasteiger charge is -2.30. The van der Waals surface area contributed by atoms with E-state index in [0.717, 1.165) is 25.2 Å². The van der Waals surface area contributed by atoms with Crippen LogP contribution < -0.4 is 14.8 Å². The number of benzene rings is 2. The molecule has 1 fully saturated rings. The van der Waals surface area contributed by atoms with Gasteiger partial charge in [0.25, 0.3) is 0 Å². The van der Waals surface area contributed by atoms with Crippen molar-refractivity contribution in [1.82, 2.24) is 14.7 Å². The number of hydrogen-bond donors (Lipinski definition) is 1. The van der Waals surface area contributed by atoms with E-state index in [1.807, 2.05) is 24.3 Å². The molecule has 3 heterocycles. The number of nitrogens with one attached hydrogen (secondary N) is 1. The Morgan fingerprint density at radius 1 is 0.976 bits per heavy atom. The van der Waals surface area contributed by atoms with E-state index in [9.17, 15) is 9.59 Å². The van der Waals surface area contributed by atoms with Gasteiger partial charge in [-0.1, -0.05) is 6.07 Å². The van der Waals surface area contributed by atoms with Crippen molar-refractivity contribution in [3.05, 3.63) is 77.7 Å². The molecule has 0 atom stereocenters. The third-order valence-electron chi connectivity index (χ3n) is 6.97. The van der Waals surface area contributed by atoms with Crippen LogP contribution in [0.2, 0.25) is 0 Å². The van der Waals surface area contributed by atoms with Crippen LogP contribution in [0.3, 0.4) is 0 Å². The average Bonchev–Trinajstić information content (AvgIpc) is 3.69. The molecule has 0 bridgehead atoms. The molecule has 1 saturated heterocycles. The number of nitriles is 1. The second kappa shape index (κ2) is 13.7. The minimum atomic E-state index is -0.383. The van der Waals surface area contributed by atoms with Gasteiger partial charge in [0, 0.05) is 38.4 Å².